The van der Waals surface area contributed by atoms with Crippen molar-refractivity contribution in [2.75, 3.05) is 25.5 Å². The second kappa shape index (κ2) is 6.84. The van der Waals surface area contributed by atoms with Gasteiger partial charge in [0.25, 0.3) is 5.91 Å². The molecule has 0 fully saturated rings. The van der Waals surface area contributed by atoms with Gasteiger partial charge in [0.15, 0.2) is 0 Å². The number of carbonyl (C=O) groups is 1. The topological polar surface area (TPSA) is 93.0 Å². The lowest BCUT2D eigenvalue weighted by Gasteiger charge is -2.04. The minimum absolute atomic E-state index is 0.207. The standard InChI is InChI=1S/C10H18N4O2/c1-2-5-16-6-3-4-12-10(15)8-7-13-14-9(8)11/h7H,2-6H2,1H3,(H,12,15)(H3,11,13,14). The van der Waals surface area contributed by atoms with Gasteiger partial charge in [-0.2, -0.15) is 5.10 Å². The highest BCUT2D eigenvalue weighted by atomic mass is 16.5. The molecule has 0 radical (unpaired) electrons. The molecule has 0 aliphatic heterocycles. The number of ether oxygens (including phenoxy) is 1. The number of anilines is 1. The molecule has 1 amide bonds. The van der Waals surface area contributed by atoms with E-state index >= 15 is 0 Å². The van der Waals surface area contributed by atoms with Crippen LogP contribution in [0.25, 0.3) is 0 Å². The zero-order valence-electron chi connectivity index (χ0n) is 9.45. The summed E-state index contributed by atoms with van der Waals surface area (Å²) in [6, 6.07) is 0. The summed E-state index contributed by atoms with van der Waals surface area (Å²) >= 11 is 0. The van der Waals surface area contributed by atoms with Crippen molar-refractivity contribution >= 4 is 11.7 Å². The second-order valence-electron chi connectivity index (χ2n) is 3.42. The van der Waals surface area contributed by atoms with E-state index in [1.165, 1.54) is 6.20 Å². The number of nitrogen functional groups attached to an aromatic ring is 1. The van der Waals surface area contributed by atoms with Crippen LogP contribution in [0.4, 0.5) is 5.82 Å². The van der Waals surface area contributed by atoms with Gasteiger partial charge in [0.05, 0.1) is 6.20 Å². The van der Waals surface area contributed by atoms with Gasteiger partial charge in [-0.15, -0.1) is 0 Å². The van der Waals surface area contributed by atoms with Crippen molar-refractivity contribution in [3.8, 4) is 0 Å². The SMILES string of the molecule is CCCOCCCNC(=O)c1cn[nH]c1N. The van der Waals surface area contributed by atoms with E-state index in [-0.39, 0.29) is 5.91 Å². The minimum Gasteiger partial charge on any atom is -0.383 e. The molecule has 0 aliphatic rings. The lowest BCUT2D eigenvalue weighted by Crippen LogP contribution is -2.25. The third-order valence-corrected chi connectivity index (χ3v) is 2.01. The maximum absolute atomic E-state index is 11.5. The van der Waals surface area contributed by atoms with E-state index in [0.717, 1.165) is 19.4 Å². The monoisotopic (exact) mass is 226 g/mol. The van der Waals surface area contributed by atoms with Gasteiger partial charge in [0.1, 0.15) is 11.4 Å². The fraction of sp³-hybridized carbons (Fsp3) is 0.600. The highest BCUT2D eigenvalue weighted by molar-refractivity contribution is 5.97. The molecule has 1 rings (SSSR count). The maximum Gasteiger partial charge on any atom is 0.256 e. The number of nitrogens with one attached hydrogen (secondary N) is 2. The number of rotatable bonds is 7. The molecule has 90 valence electrons. The van der Waals surface area contributed by atoms with Gasteiger partial charge in [0, 0.05) is 19.8 Å². The van der Waals surface area contributed by atoms with Crippen molar-refractivity contribution in [1.82, 2.24) is 15.5 Å². The Labute approximate surface area is 94.5 Å². The number of nitrogens with zero attached hydrogens (tertiary/aromatic N) is 1. The maximum atomic E-state index is 11.5. The summed E-state index contributed by atoms with van der Waals surface area (Å²) in [7, 11) is 0. The van der Waals surface area contributed by atoms with Gasteiger partial charge in [-0.25, -0.2) is 0 Å². The number of aromatic amines is 1. The molecule has 1 heterocycles. The number of H-pyrrole nitrogens is 1. The molecule has 0 bridgehead atoms. The summed E-state index contributed by atoms with van der Waals surface area (Å²) in [4.78, 5) is 11.5. The summed E-state index contributed by atoms with van der Waals surface area (Å²) in [5.74, 6) is 0.0847. The smallest absolute Gasteiger partial charge is 0.256 e. The number of hydrogen-bond donors (Lipinski definition) is 3. The minimum atomic E-state index is -0.207. The van der Waals surface area contributed by atoms with E-state index < -0.39 is 0 Å². The van der Waals surface area contributed by atoms with Crippen LogP contribution in [0.2, 0.25) is 0 Å². The van der Waals surface area contributed by atoms with E-state index in [9.17, 15) is 4.79 Å². The first kappa shape index (κ1) is 12.5. The van der Waals surface area contributed by atoms with Crippen molar-refractivity contribution in [2.24, 2.45) is 0 Å². The molecular formula is C10H18N4O2. The molecule has 0 saturated heterocycles. The summed E-state index contributed by atoms with van der Waals surface area (Å²) in [6.45, 7) is 4.06. The van der Waals surface area contributed by atoms with Crippen LogP contribution in [0, 0.1) is 0 Å². The second-order valence-corrected chi connectivity index (χ2v) is 3.42. The highest BCUT2D eigenvalue weighted by Crippen LogP contribution is 2.04. The van der Waals surface area contributed by atoms with Crippen molar-refractivity contribution in [3.05, 3.63) is 11.8 Å². The van der Waals surface area contributed by atoms with Gasteiger partial charge in [0.2, 0.25) is 0 Å². The Hall–Kier alpha value is -1.56. The molecule has 0 unspecified atom stereocenters. The molecule has 16 heavy (non-hydrogen) atoms. The predicted octanol–water partition coefficient (Wildman–Crippen LogP) is 0.538. The molecule has 1 aromatic rings. The van der Waals surface area contributed by atoms with E-state index in [4.69, 9.17) is 10.5 Å². The molecular weight excluding hydrogens is 208 g/mol. The number of amides is 1. The summed E-state index contributed by atoms with van der Waals surface area (Å²) in [5, 5.41) is 8.93. The van der Waals surface area contributed by atoms with Gasteiger partial charge in [-0.1, -0.05) is 6.92 Å². The molecule has 0 saturated carbocycles. The Morgan fingerprint density at radius 1 is 1.62 bits per heavy atom. The number of nitrogens with two attached hydrogens (primary N) is 1. The first-order valence-electron chi connectivity index (χ1n) is 5.40. The quantitative estimate of drug-likeness (QED) is 0.591. The highest BCUT2D eigenvalue weighted by Gasteiger charge is 2.09. The van der Waals surface area contributed by atoms with Gasteiger partial charge >= 0.3 is 0 Å². The van der Waals surface area contributed by atoms with Crippen molar-refractivity contribution < 1.29 is 9.53 Å². The predicted molar refractivity (Wildman–Crippen MR) is 61.1 cm³/mol. The summed E-state index contributed by atoms with van der Waals surface area (Å²) in [6.07, 6.45) is 3.22. The van der Waals surface area contributed by atoms with E-state index in [1.54, 1.807) is 0 Å². The van der Waals surface area contributed by atoms with Crippen LogP contribution in [-0.2, 0) is 4.74 Å². The first-order chi connectivity index (χ1) is 7.75. The van der Waals surface area contributed by atoms with E-state index in [0.29, 0.717) is 24.5 Å². The Morgan fingerprint density at radius 2 is 2.44 bits per heavy atom. The van der Waals surface area contributed by atoms with Gasteiger partial charge in [-0.05, 0) is 12.8 Å². The molecule has 4 N–H and O–H groups in total. The average Bonchev–Trinajstić information content (AvgIpc) is 2.69. The van der Waals surface area contributed by atoms with Crippen LogP contribution in [0.5, 0.6) is 0 Å². The molecule has 0 aliphatic carbocycles. The zero-order chi connectivity index (χ0) is 11.8. The Balaban J connectivity index is 2.14. The first-order valence-corrected chi connectivity index (χ1v) is 5.40. The van der Waals surface area contributed by atoms with Crippen LogP contribution in [0.1, 0.15) is 30.1 Å². The Morgan fingerprint density at radius 3 is 3.06 bits per heavy atom. The molecule has 1 aromatic heterocycles. The van der Waals surface area contributed by atoms with Gasteiger partial charge < -0.3 is 15.8 Å². The summed E-state index contributed by atoms with van der Waals surface area (Å²) < 4.78 is 5.28. The van der Waals surface area contributed by atoms with Crippen molar-refractivity contribution in [3.63, 3.8) is 0 Å². The van der Waals surface area contributed by atoms with Crippen LogP contribution in [0.15, 0.2) is 6.20 Å². The normalized spacial score (nSPS) is 10.3. The largest absolute Gasteiger partial charge is 0.383 e. The average molecular weight is 226 g/mol. The lowest BCUT2D eigenvalue weighted by atomic mass is 10.3. The van der Waals surface area contributed by atoms with Crippen LogP contribution in [0.3, 0.4) is 0 Å². The van der Waals surface area contributed by atoms with Crippen molar-refractivity contribution in [2.45, 2.75) is 19.8 Å². The number of carbonyl (C=O) groups excluding carboxylic acids is 1. The Bertz CT molecular complexity index is 324. The summed E-state index contributed by atoms with van der Waals surface area (Å²) in [5.41, 5.74) is 5.89. The van der Waals surface area contributed by atoms with E-state index in [1.807, 2.05) is 0 Å². The van der Waals surface area contributed by atoms with Crippen LogP contribution >= 0.6 is 0 Å². The number of aromatic nitrogens is 2. The fourth-order valence-corrected chi connectivity index (χ4v) is 1.19. The fourth-order valence-electron chi connectivity index (χ4n) is 1.19. The zero-order valence-corrected chi connectivity index (χ0v) is 9.45. The molecule has 6 nitrogen and oxygen atoms in total. The third-order valence-electron chi connectivity index (χ3n) is 2.01. The van der Waals surface area contributed by atoms with Gasteiger partial charge in [-0.3, -0.25) is 9.89 Å². The van der Waals surface area contributed by atoms with Crippen LogP contribution < -0.4 is 11.1 Å². The molecule has 0 aromatic carbocycles. The molecule has 6 heteroatoms. The third kappa shape index (κ3) is 3.90. The van der Waals surface area contributed by atoms with E-state index in [2.05, 4.69) is 22.4 Å². The lowest BCUT2D eigenvalue weighted by molar-refractivity contribution is 0.0942. The Kier molecular flexibility index (Phi) is 5.35. The molecule has 0 spiro atoms. The van der Waals surface area contributed by atoms with Crippen molar-refractivity contribution in [1.29, 1.82) is 0 Å². The molecule has 0 atom stereocenters. The number of hydrogen-bond acceptors (Lipinski definition) is 4. The van der Waals surface area contributed by atoms with Crippen LogP contribution in [-0.4, -0.2) is 35.9 Å².